The number of rotatable bonds is 5. The molecule has 0 fully saturated rings. The van der Waals surface area contributed by atoms with Crippen LogP contribution in [0.25, 0.3) is 11.1 Å². The first kappa shape index (κ1) is 13.4. The smallest absolute Gasteiger partial charge is 0.417 e. The first-order chi connectivity index (χ1) is 9.10. The van der Waals surface area contributed by atoms with Crippen LogP contribution in [0.4, 0.5) is 0 Å². The molecule has 1 unspecified atom stereocenters. The number of hydrogen-bond acceptors (Lipinski definition) is 5. The number of nitrogens with two attached hydrogens (primary N) is 1. The van der Waals surface area contributed by atoms with E-state index in [1.54, 1.807) is 6.07 Å². The highest BCUT2D eigenvalue weighted by Crippen LogP contribution is 2.14. The van der Waals surface area contributed by atoms with Gasteiger partial charge in [-0.3, -0.25) is 9.78 Å². The van der Waals surface area contributed by atoms with Crippen LogP contribution in [-0.4, -0.2) is 24.1 Å². The maximum Gasteiger partial charge on any atom is 0.417 e. The van der Waals surface area contributed by atoms with Crippen molar-refractivity contribution in [2.24, 2.45) is 5.73 Å². The lowest BCUT2D eigenvalue weighted by Gasteiger charge is -2.08. The third-order valence-corrected chi connectivity index (χ3v) is 2.97. The van der Waals surface area contributed by atoms with Crippen LogP contribution in [0.3, 0.4) is 0 Å². The molecule has 0 aliphatic heterocycles. The van der Waals surface area contributed by atoms with E-state index in [-0.39, 0.29) is 0 Å². The monoisotopic (exact) mass is 264 g/mol. The highest BCUT2D eigenvalue weighted by Gasteiger charge is 2.12. The van der Waals surface area contributed by atoms with Gasteiger partial charge in [0.2, 0.25) is 0 Å². The summed E-state index contributed by atoms with van der Waals surface area (Å²) >= 11 is 0. The number of ether oxygens (including phenoxy) is 1. The fourth-order valence-corrected chi connectivity index (χ4v) is 1.95. The Morgan fingerprint density at radius 2 is 2.32 bits per heavy atom. The Labute approximate surface area is 109 Å². The van der Waals surface area contributed by atoms with Gasteiger partial charge in [-0.2, -0.15) is 0 Å². The third-order valence-electron chi connectivity index (χ3n) is 2.97. The van der Waals surface area contributed by atoms with Crippen LogP contribution in [0, 0.1) is 0 Å². The normalized spacial score (nSPS) is 12.5. The van der Waals surface area contributed by atoms with Crippen molar-refractivity contribution in [1.82, 2.24) is 4.98 Å². The summed E-state index contributed by atoms with van der Waals surface area (Å²) in [6.45, 7) is 0. The molecule has 1 heterocycles. The molecule has 1 atom stereocenters. The molecule has 102 valence electrons. The molecular formula is C13H16N2O4. The van der Waals surface area contributed by atoms with Gasteiger partial charge >= 0.3 is 11.7 Å². The Balaban J connectivity index is 1.94. The zero-order valence-corrected chi connectivity index (χ0v) is 10.6. The Morgan fingerprint density at radius 3 is 3.05 bits per heavy atom. The van der Waals surface area contributed by atoms with Crippen LogP contribution in [0.1, 0.15) is 18.4 Å². The minimum Gasteiger partial charge on any atom is -0.468 e. The van der Waals surface area contributed by atoms with Crippen LogP contribution in [-0.2, 0) is 16.0 Å². The molecule has 1 aromatic heterocycles. The molecule has 0 aliphatic rings. The number of methoxy groups -OCH3 is 1. The highest BCUT2D eigenvalue weighted by atomic mass is 16.5. The second-order valence-corrected chi connectivity index (χ2v) is 4.37. The van der Waals surface area contributed by atoms with Crippen molar-refractivity contribution in [2.45, 2.75) is 25.3 Å². The van der Waals surface area contributed by atoms with E-state index in [0.29, 0.717) is 17.5 Å². The Kier molecular flexibility index (Phi) is 4.01. The summed E-state index contributed by atoms with van der Waals surface area (Å²) in [7, 11) is 1.32. The SMILES string of the molecule is COC(=O)C(N)CCCc1ccc2oc(=O)[nH]c2c1. The highest BCUT2D eigenvalue weighted by molar-refractivity contribution is 5.75. The number of aromatic nitrogens is 1. The number of nitrogens with one attached hydrogen (secondary N) is 1. The average Bonchev–Trinajstić information content (AvgIpc) is 2.77. The van der Waals surface area contributed by atoms with Crippen molar-refractivity contribution in [1.29, 1.82) is 0 Å². The summed E-state index contributed by atoms with van der Waals surface area (Å²) in [5.74, 6) is -0.852. The minimum absolute atomic E-state index is 0.394. The molecule has 1 aromatic carbocycles. The van der Waals surface area contributed by atoms with Crippen molar-refractivity contribution < 1.29 is 13.9 Å². The molecule has 0 amide bonds. The van der Waals surface area contributed by atoms with Crippen molar-refractivity contribution in [3.63, 3.8) is 0 Å². The molecule has 0 aliphatic carbocycles. The van der Waals surface area contributed by atoms with Crippen molar-refractivity contribution in [2.75, 3.05) is 7.11 Å². The molecule has 0 spiro atoms. The number of esters is 1. The van der Waals surface area contributed by atoms with Gasteiger partial charge < -0.3 is 14.9 Å². The number of hydrogen-bond donors (Lipinski definition) is 2. The number of H-pyrrole nitrogens is 1. The summed E-state index contributed by atoms with van der Waals surface area (Å²) in [5.41, 5.74) is 7.93. The van der Waals surface area contributed by atoms with Gasteiger partial charge in [0, 0.05) is 0 Å². The van der Waals surface area contributed by atoms with Crippen molar-refractivity contribution in [3.8, 4) is 0 Å². The molecule has 0 saturated carbocycles. The lowest BCUT2D eigenvalue weighted by molar-refractivity contribution is -0.142. The van der Waals surface area contributed by atoms with E-state index in [9.17, 15) is 9.59 Å². The maximum absolute atomic E-state index is 11.1. The van der Waals surface area contributed by atoms with Crippen LogP contribution >= 0.6 is 0 Å². The molecule has 0 bridgehead atoms. The van der Waals surface area contributed by atoms with Gasteiger partial charge in [-0.15, -0.1) is 0 Å². The number of fused-ring (bicyclic) bond motifs is 1. The third kappa shape index (κ3) is 3.23. The predicted octanol–water partition coefficient (Wildman–Crippen LogP) is 0.944. The number of oxazole rings is 1. The summed E-state index contributed by atoms with van der Waals surface area (Å²) < 4.78 is 9.48. The van der Waals surface area contributed by atoms with E-state index in [2.05, 4.69) is 9.72 Å². The predicted molar refractivity (Wildman–Crippen MR) is 69.8 cm³/mol. The number of benzene rings is 1. The minimum atomic E-state index is -0.581. The Bertz CT molecular complexity index is 629. The van der Waals surface area contributed by atoms with Gasteiger partial charge in [-0.05, 0) is 37.0 Å². The number of carbonyl (C=O) groups is 1. The molecule has 3 N–H and O–H groups in total. The second kappa shape index (κ2) is 5.71. The molecule has 6 heteroatoms. The molecule has 0 radical (unpaired) electrons. The number of aryl methyl sites for hydroxylation is 1. The number of aromatic amines is 1. The standard InChI is InChI=1S/C13H16N2O4/c1-18-12(16)9(14)4-2-3-8-5-6-11-10(7-8)15-13(17)19-11/h5-7,9H,2-4,14H2,1H3,(H,15,17). The largest absolute Gasteiger partial charge is 0.468 e. The first-order valence-electron chi connectivity index (χ1n) is 6.05. The lowest BCUT2D eigenvalue weighted by Crippen LogP contribution is -2.31. The van der Waals surface area contributed by atoms with E-state index in [1.165, 1.54) is 7.11 Å². The van der Waals surface area contributed by atoms with E-state index in [1.807, 2.05) is 12.1 Å². The molecular weight excluding hydrogens is 248 g/mol. The second-order valence-electron chi connectivity index (χ2n) is 4.37. The summed E-state index contributed by atoms with van der Waals surface area (Å²) in [6.07, 6.45) is 2.10. The fourth-order valence-electron chi connectivity index (χ4n) is 1.95. The molecule has 0 saturated heterocycles. The topological polar surface area (TPSA) is 98.3 Å². The van der Waals surface area contributed by atoms with Crippen LogP contribution < -0.4 is 11.5 Å². The van der Waals surface area contributed by atoms with Crippen LogP contribution in [0.5, 0.6) is 0 Å². The summed E-state index contributed by atoms with van der Waals surface area (Å²) in [5, 5.41) is 0. The fraction of sp³-hybridized carbons (Fsp3) is 0.385. The molecule has 2 aromatic rings. The number of carbonyl (C=O) groups excluding carboxylic acids is 1. The molecule has 2 rings (SSSR count). The van der Waals surface area contributed by atoms with Gasteiger partial charge in [-0.25, -0.2) is 4.79 Å². The summed E-state index contributed by atoms with van der Waals surface area (Å²) in [4.78, 5) is 24.8. The van der Waals surface area contributed by atoms with Crippen molar-refractivity contribution in [3.05, 3.63) is 34.3 Å². The van der Waals surface area contributed by atoms with Crippen LogP contribution in [0.15, 0.2) is 27.4 Å². The lowest BCUT2D eigenvalue weighted by atomic mass is 10.0. The van der Waals surface area contributed by atoms with Crippen molar-refractivity contribution >= 4 is 17.1 Å². The molecule has 19 heavy (non-hydrogen) atoms. The van der Waals surface area contributed by atoms with Gasteiger partial charge in [0.05, 0.1) is 12.6 Å². The van der Waals surface area contributed by atoms with E-state index >= 15 is 0 Å². The van der Waals surface area contributed by atoms with Gasteiger partial charge in [0.25, 0.3) is 0 Å². The Hall–Kier alpha value is -2.08. The first-order valence-corrected chi connectivity index (χ1v) is 6.05. The van der Waals surface area contributed by atoms with Crippen LogP contribution in [0.2, 0.25) is 0 Å². The van der Waals surface area contributed by atoms with Gasteiger partial charge in [0.15, 0.2) is 5.58 Å². The quantitative estimate of drug-likeness (QED) is 0.783. The zero-order chi connectivity index (χ0) is 13.8. The zero-order valence-electron chi connectivity index (χ0n) is 10.6. The van der Waals surface area contributed by atoms with Gasteiger partial charge in [0.1, 0.15) is 6.04 Å². The summed E-state index contributed by atoms with van der Waals surface area (Å²) in [6, 6.07) is 4.93. The van der Waals surface area contributed by atoms with E-state index in [0.717, 1.165) is 18.4 Å². The Morgan fingerprint density at radius 1 is 1.53 bits per heavy atom. The van der Waals surface area contributed by atoms with E-state index < -0.39 is 17.8 Å². The van der Waals surface area contributed by atoms with Gasteiger partial charge in [-0.1, -0.05) is 6.07 Å². The molecule has 6 nitrogen and oxygen atoms in total. The maximum atomic E-state index is 11.1. The van der Waals surface area contributed by atoms with E-state index in [4.69, 9.17) is 10.2 Å². The average molecular weight is 264 g/mol.